The van der Waals surface area contributed by atoms with Crippen molar-refractivity contribution in [1.29, 1.82) is 0 Å². The molecule has 0 aliphatic carbocycles. The first-order valence-corrected chi connectivity index (χ1v) is 7.10. The van der Waals surface area contributed by atoms with Crippen LogP contribution in [0.25, 0.3) is 5.69 Å². The second-order valence-corrected chi connectivity index (χ2v) is 5.28. The van der Waals surface area contributed by atoms with Crippen LogP contribution in [0.2, 0.25) is 0 Å². The summed E-state index contributed by atoms with van der Waals surface area (Å²) in [5.74, 6) is -0.303. The van der Waals surface area contributed by atoms with E-state index in [4.69, 9.17) is 5.73 Å². The van der Waals surface area contributed by atoms with Crippen LogP contribution >= 0.6 is 11.8 Å². The van der Waals surface area contributed by atoms with Crippen molar-refractivity contribution in [2.45, 2.75) is 16.6 Å². The minimum atomic E-state index is -0.303. The summed E-state index contributed by atoms with van der Waals surface area (Å²) in [5, 5.41) is 12.3. The minimum absolute atomic E-state index is 0.257. The van der Waals surface area contributed by atoms with Gasteiger partial charge in [0.15, 0.2) is 0 Å². The van der Waals surface area contributed by atoms with E-state index >= 15 is 0 Å². The van der Waals surface area contributed by atoms with Crippen LogP contribution in [-0.4, -0.2) is 20.2 Å². The molecular weight excluding hydrogens is 289 g/mol. The van der Waals surface area contributed by atoms with Crippen molar-refractivity contribution >= 4 is 11.8 Å². The third-order valence-electron chi connectivity index (χ3n) is 2.89. The summed E-state index contributed by atoms with van der Waals surface area (Å²) in [6.07, 6.45) is 0. The fourth-order valence-corrected chi connectivity index (χ4v) is 2.79. The van der Waals surface area contributed by atoms with E-state index in [2.05, 4.69) is 15.5 Å². The van der Waals surface area contributed by atoms with Crippen LogP contribution in [0.15, 0.2) is 58.6 Å². The van der Waals surface area contributed by atoms with Gasteiger partial charge in [-0.2, -0.15) is 4.68 Å². The molecule has 0 amide bonds. The Morgan fingerprint density at radius 2 is 1.95 bits per heavy atom. The molecule has 2 aromatic carbocycles. The lowest BCUT2D eigenvalue weighted by molar-refractivity contribution is 0.623. The van der Waals surface area contributed by atoms with Crippen LogP contribution in [0.3, 0.4) is 0 Å². The first-order chi connectivity index (χ1) is 10.3. The van der Waals surface area contributed by atoms with Crippen molar-refractivity contribution in [1.82, 2.24) is 20.2 Å². The lowest BCUT2D eigenvalue weighted by Crippen LogP contribution is -2.01. The molecule has 7 heteroatoms. The summed E-state index contributed by atoms with van der Waals surface area (Å²) in [4.78, 5) is 0.839. The molecule has 1 aromatic heterocycles. The number of tetrazole rings is 1. The van der Waals surface area contributed by atoms with Crippen LogP contribution in [0.4, 0.5) is 4.39 Å². The molecule has 1 heterocycles. The summed E-state index contributed by atoms with van der Waals surface area (Å²) < 4.78 is 14.9. The van der Waals surface area contributed by atoms with Gasteiger partial charge in [-0.05, 0) is 58.1 Å². The van der Waals surface area contributed by atoms with Crippen LogP contribution in [0, 0.1) is 5.82 Å². The molecule has 0 fully saturated rings. The zero-order valence-electron chi connectivity index (χ0n) is 11.0. The van der Waals surface area contributed by atoms with E-state index in [1.165, 1.54) is 23.9 Å². The average molecular weight is 301 g/mol. The van der Waals surface area contributed by atoms with Gasteiger partial charge < -0.3 is 5.73 Å². The zero-order chi connectivity index (χ0) is 14.7. The van der Waals surface area contributed by atoms with E-state index in [0.29, 0.717) is 5.16 Å². The number of nitrogens with two attached hydrogens (primary N) is 1. The van der Waals surface area contributed by atoms with Gasteiger partial charge in [-0.25, -0.2) is 4.39 Å². The Labute approximate surface area is 125 Å². The van der Waals surface area contributed by atoms with Crippen LogP contribution in [0.1, 0.15) is 5.56 Å². The molecule has 0 spiro atoms. The number of aromatic nitrogens is 4. The fraction of sp³-hybridized carbons (Fsp3) is 0.0714. The molecule has 3 aromatic rings. The summed E-state index contributed by atoms with van der Waals surface area (Å²) >= 11 is 1.36. The topological polar surface area (TPSA) is 69.6 Å². The van der Waals surface area contributed by atoms with Gasteiger partial charge >= 0.3 is 0 Å². The van der Waals surface area contributed by atoms with Gasteiger partial charge in [0.05, 0.1) is 5.69 Å². The molecule has 0 aliphatic rings. The fourth-order valence-electron chi connectivity index (χ4n) is 1.88. The second-order valence-electron chi connectivity index (χ2n) is 4.27. The molecule has 0 aliphatic heterocycles. The summed E-state index contributed by atoms with van der Waals surface area (Å²) in [6, 6.07) is 14.1. The molecule has 0 radical (unpaired) electrons. The Bertz CT molecular complexity index is 744. The molecule has 0 saturated carbocycles. The van der Waals surface area contributed by atoms with E-state index in [1.807, 2.05) is 30.3 Å². The van der Waals surface area contributed by atoms with Crippen molar-refractivity contribution in [2.24, 2.45) is 5.73 Å². The Morgan fingerprint density at radius 1 is 1.14 bits per heavy atom. The van der Waals surface area contributed by atoms with Gasteiger partial charge in [0, 0.05) is 11.4 Å². The van der Waals surface area contributed by atoms with E-state index in [1.54, 1.807) is 10.7 Å². The lowest BCUT2D eigenvalue weighted by Gasteiger charge is -2.07. The van der Waals surface area contributed by atoms with E-state index in [-0.39, 0.29) is 12.4 Å². The van der Waals surface area contributed by atoms with Crippen molar-refractivity contribution in [3.8, 4) is 5.69 Å². The van der Waals surface area contributed by atoms with E-state index < -0.39 is 0 Å². The van der Waals surface area contributed by atoms with Gasteiger partial charge in [-0.15, -0.1) is 5.10 Å². The summed E-state index contributed by atoms with van der Waals surface area (Å²) in [7, 11) is 0. The first-order valence-electron chi connectivity index (χ1n) is 6.28. The molecule has 2 N–H and O–H groups in total. The molecule has 106 valence electrons. The number of rotatable bonds is 4. The maximum absolute atomic E-state index is 13.2. The normalized spacial score (nSPS) is 10.8. The molecule has 0 atom stereocenters. The first kappa shape index (κ1) is 13.7. The predicted octanol–water partition coefficient (Wildman–Crippen LogP) is 2.41. The van der Waals surface area contributed by atoms with Crippen molar-refractivity contribution < 1.29 is 4.39 Å². The zero-order valence-corrected chi connectivity index (χ0v) is 11.8. The van der Waals surface area contributed by atoms with Crippen LogP contribution in [0.5, 0.6) is 0 Å². The molecule has 0 bridgehead atoms. The monoisotopic (exact) mass is 301 g/mol. The summed E-state index contributed by atoms with van der Waals surface area (Å²) in [5.41, 5.74) is 7.25. The van der Waals surface area contributed by atoms with Gasteiger partial charge in [0.25, 0.3) is 0 Å². The van der Waals surface area contributed by atoms with Crippen molar-refractivity contribution in [3.63, 3.8) is 0 Å². The number of hydrogen-bond acceptors (Lipinski definition) is 5. The number of halogens is 1. The number of hydrogen-bond donors (Lipinski definition) is 1. The highest BCUT2D eigenvalue weighted by Gasteiger charge is 2.12. The number of nitrogens with zero attached hydrogens (tertiary/aromatic N) is 4. The molecule has 0 saturated heterocycles. The van der Waals surface area contributed by atoms with E-state index in [9.17, 15) is 4.39 Å². The Morgan fingerprint density at radius 3 is 2.71 bits per heavy atom. The van der Waals surface area contributed by atoms with Gasteiger partial charge in [-0.3, -0.25) is 0 Å². The highest BCUT2D eigenvalue weighted by atomic mass is 32.2. The minimum Gasteiger partial charge on any atom is -0.326 e. The maximum Gasteiger partial charge on any atom is 0.218 e. The molecule has 21 heavy (non-hydrogen) atoms. The Hall–Kier alpha value is -2.25. The number of para-hydroxylation sites is 1. The van der Waals surface area contributed by atoms with Gasteiger partial charge in [0.1, 0.15) is 5.82 Å². The van der Waals surface area contributed by atoms with Gasteiger partial charge in [0.2, 0.25) is 5.16 Å². The SMILES string of the molecule is NCc1cc(F)ccc1Sc1nnnn1-c1ccccc1. The molecular formula is C14H12FN5S. The largest absolute Gasteiger partial charge is 0.326 e. The third kappa shape index (κ3) is 2.93. The summed E-state index contributed by atoms with van der Waals surface area (Å²) in [6.45, 7) is 0.257. The van der Waals surface area contributed by atoms with E-state index in [0.717, 1.165) is 16.1 Å². The molecule has 5 nitrogen and oxygen atoms in total. The maximum atomic E-state index is 13.2. The standard InChI is InChI=1S/C14H12FN5S/c15-11-6-7-13(10(8-11)9-16)21-14-17-18-19-20(14)12-4-2-1-3-5-12/h1-8H,9,16H2. The second kappa shape index (κ2) is 6.02. The Kier molecular flexibility index (Phi) is 3.94. The molecule has 0 unspecified atom stereocenters. The molecule has 3 rings (SSSR count). The lowest BCUT2D eigenvalue weighted by atomic mass is 10.2. The van der Waals surface area contributed by atoms with Gasteiger partial charge in [-0.1, -0.05) is 18.2 Å². The highest BCUT2D eigenvalue weighted by Crippen LogP contribution is 2.30. The number of benzene rings is 2. The average Bonchev–Trinajstić information content (AvgIpc) is 2.98. The van der Waals surface area contributed by atoms with Crippen molar-refractivity contribution in [2.75, 3.05) is 0 Å². The Balaban J connectivity index is 1.95. The highest BCUT2D eigenvalue weighted by molar-refractivity contribution is 7.99. The van der Waals surface area contributed by atoms with Crippen LogP contribution < -0.4 is 5.73 Å². The third-order valence-corrected chi connectivity index (χ3v) is 3.94. The van der Waals surface area contributed by atoms with Crippen LogP contribution in [-0.2, 0) is 6.54 Å². The quantitative estimate of drug-likeness (QED) is 0.801. The smallest absolute Gasteiger partial charge is 0.218 e. The predicted molar refractivity (Wildman–Crippen MR) is 77.6 cm³/mol. The van der Waals surface area contributed by atoms with Crippen molar-refractivity contribution in [3.05, 3.63) is 59.9 Å².